The standard InChI is InChI=1S/C21H25FN2O5/c1-14-5-2-3-11-21(14)19(27)24(20(28)23-21)13-18(26)29-12-4-6-17(25)15-7-9-16(22)10-8-15/h7-10,14H,2-6,11-13H2,1H3,(H,23,28)/t14-,21+/m0/s1. The zero-order chi connectivity index (χ0) is 21.0. The van der Waals surface area contributed by atoms with Crippen LogP contribution in [0.5, 0.6) is 0 Å². The van der Waals surface area contributed by atoms with E-state index in [0.717, 1.165) is 24.2 Å². The van der Waals surface area contributed by atoms with Gasteiger partial charge in [-0.2, -0.15) is 0 Å². The Hall–Kier alpha value is -2.77. The molecular formula is C21H25FN2O5. The summed E-state index contributed by atoms with van der Waals surface area (Å²) in [7, 11) is 0. The van der Waals surface area contributed by atoms with Crippen LogP contribution in [0.1, 0.15) is 55.8 Å². The van der Waals surface area contributed by atoms with E-state index in [1.54, 1.807) is 0 Å². The van der Waals surface area contributed by atoms with E-state index in [1.807, 2.05) is 6.92 Å². The fraction of sp³-hybridized carbons (Fsp3) is 0.524. The first-order chi connectivity index (χ1) is 13.8. The number of benzene rings is 1. The number of imide groups is 1. The highest BCUT2D eigenvalue weighted by Gasteiger charge is 2.55. The molecule has 2 atom stereocenters. The first kappa shape index (κ1) is 21.0. The largest absolute Gasteiger partial charge is 0.464 e. The molecule has 0 unspecified atom stereocenters. The highest BCUT2D eigenvalue weighted by atomic mass is 19.1. The van der Waals surface area contributed by atoms with E-state index < -0.39 is 29.9 Å². The molecule has 3 rings (SSSR count). The van der Waals surface area contributed by atoms with Crippen LogP contribution in [0.2, 0.25) is 0 Å². The number of ketones is 1. The zero-order valence-electron chi connectivity index (χ0n) is 16.4. The van der Waals surface area contributed by atoms with Gasteiger partial charge in [-0.1, -0.05) is 19.8 Å². The molecule has 2 aliphatic rings. The summed E-state index contributed by atoms with van der Waals surface area (Å²) in [4.78, 5) is 50.1. The van der Waals surface area contributed by atoms with Crippen molar-refractivity contribution in [1.29, 1.82) is 0 Å². The third-order valence-electron chi connectivity index (χ3n) is 5.77. The van der Waals surface area contributed by atoms with E-state index in [9.17, 15) is 23.6 Å². The van der Waals surface area contributed by atoms with Gasteiger partial charge in [-0.3, -0.25) is 19.3 Å². The number of esters is 1. The van der Waals surface area contributed by atoms with Gasteiger partial charge in [0.15, 0.2) is 5.78 Å². The number of urea groups is 1. The van der Waals surface area contributed by atoms with Crippen molar-refractivity contribution in [1.82, 2.24) is 10.2 Å². The van der Waals surface area contributed by atoms with Crippen molar-refractivity contribution in [2.75, 3.05) is 13.2 Å². The number of hydrogen-bond donors (Lipinski definition) is 1. The number of carbonyl (C=O) groups excluding carboxylic acids is 4. The fourth-order valence-electron chi connectivity index (χ4n) is 4.01. The lowest BCUT2D eigenvalue weighted by Crippen LogP contribution is -2.54. The number of halogens is 1. The van der Waals surface area contributed by atoms with Crippen LogP contribution in [0.25, 0.3) is 0 Å². The first-order valence-electron chi connectivity index (χ1n) is 9.92. The third kappa shape index (κ3) is 4.46. The topological polar surface area (TPSA) is 92.8 Å². The Morgan fingerprint density at radius 3 is 2.66 bits per heavy atom. The average Bonchev–Trinajstić information content (AvgIpc) is 2.93. The maximum absolute atomic E-state index is 12.9. The van der Waals surface area contributed by atoms with Crippen molar-refractivity contribution < 1.29 is 28.3 Å². The molecule has 1 aromatic rings. The van der Waals surface area contributed by atoms with Crippen LogP contribution in [0.4, 0.5) is 9.18 Å². The predicted octanol–water partition coefficient (Wildman–Crippen LogP) is 2.83. The molecule has 0 aromatic heterocycles. The van der Waals surface area contributed by atoms with Crippen LogP contribution in [0.15, 0.2) is 24.3 Å². The summed E-state index contributed by atoms with van der Waals surface area (Å²) in [5.74, 6) is -1.63. The molecule has 1 saturated carbocycles. The van der Waals surface area contributed by atoms with Crippen molar-refractivity contribution in [2.24, 2.45) is 5.92 Å². The Morgan fingerprint density at radius 1 is 1.24 bits per heavy atom. The SMILES string of the molecule is C[C@H]1CCCC[C@@]12NC(=O)N(CC(=O)OCCCC(=O)c1ccc(F)cc1)C2=O. The van der Waals surface area contributed by atoms with Crippen LogP contribution in [0.3, 0.4) is 0 Å². The second-order valence-electron chi connectivity index (χ2n) is 7.69. The minimum absolute atomic E-state index is 0.00301. The smallest absolute Gasteiger partial charge is 0.326 e. The molecule has 1 saturated heterocycles. The first-order valence-corrected chi connectivity index (χ1v) is 9.92. The van der Waals surface area contributed by atoms with Crippen molar-refractivity contribution in [3.63, 3.8) is 0 Å². The van der Waals surface area contributed by atoms with E-state index in [-0.39, 0.29) is 30.6 Å². The maximum atomic E-state index is 12.9. The van der Waals surface area contributed by atoms with Crippen LogP contribution >= 0.6 is 0 Å². The lowest BCUT2D eigenvalue weighted by atomic mass is 9.73. The molecule has 8 heteroatoms. The quantitative estimate of drug-likeness (QED) is 0.326. The molecule has 0 bridgehead atoms. The van der Waals surface area contributed by atoms with E-state index in [2.05, 4.69) is 5.32 Å². The van der Waals surface area contributed by atoms with Crippen molar-refractivity contribution in [3.05, 3.63) is 35.6 Å². The zero-order valence-corrected chi connectivity index (χ0v) is 16.4. The Morgan fingerprint density at radius 2 is 1.97 bits per heavy atom. The summed E-state index contributed by atoms with van der Waals surface area (Å²) in [5.41, 5.74) is -0.513. The van der Waals surface area contributed by atoms with E-state index in [1.165, 1.54) is 24.3 Å². The number of nitrogens with zero attached hydrogens (tertiary/aromatic N) is 1. The van der Waals surface area contributed by atoms with E-state index >= 15 is 0 Å². The number of Topliss-reactive ketones (excluding diaryl/α,β-unsaturated/α-hetero) is 1. The number of amides is 3. The van der Waals surface area contributed by atoms with E-state index in [0.29, 0.717) is 18.4 Å². The normalized spacial score (nSPS) is 23.9. The van der Waals surface area contributed by atoms with Gasteiger partial charge in [0.2, 0.25) is 0 Å². The van der Waals surface area contributed by atoms with Gasteiger partial charge in [-0.15, -0.1) is 0 Å². The number of ether oxygens (including phenoxy) is 1. The molecule has 7 nitrogen and oxygen atoms in total. The second-order valence-corrected chi connectivity index (χ2v) is 7.69. The van der Waals surface area contributed by atoms with Gasteiger partial charge in [0, 0.05) is 12.0 Å². The summed E-state index contributed by atoms with van der Waals surface area (Å²) in [6.07, 6.45) is 3.75. The molecule has 1 aliphatic heterocycles. The van der Waals surface area contributed by atoms with E-state index in [4.69, 9.17) is 4.74 Å². The van der Waals surface area contributed by atoms with Gasteiger partial charge in [0.1, 0.15) is 17.9 Å². The predicted molar refractivity (Wildman–Crippen MR) is 102 cm³/mol. The molecule has 3 amide bonds. The minimum atomic E-state index is -0.906. The number of nitrogens with one attached hydrogen (secondary N) is 1. The summed E-state index contributed by atoms with van der Waals surface area (Å²) >= 11 is 0. The highest BCUT2D eigenvalue weighted by Crippen LogP contribution is 2.38. The van der Waals surface area contributed by atoms with Gasteiger partial charge in [0.25, 0.3) is 5.91 Å². The molecule has 29 heavy (non-hydrogen) atoms. The van der Waals surface area contributed by atoms with Gasteiger partial charge >= 0.3 is 12.0 Å². The van der Waals surface area contributed by atoms with Crippen LogP contribution in [0, 0.1) is 11.7 Å². The Balaban J connectivity index is 1.45. The summed E-state index contributed by atoms with van der Waals surface area (Å²) < 4.78 is 18.0. The molecule has 2 fully saturated rings. The second kappa shape index (κ2) is 8.71. The van der Waals surface area contributed by atoms with Gasteiger partial charge in [-0.25, -0.2) is 9.18 Å². The summed E-state index contributed by atoms with van der Waals surface area (Å²) in [6.45, 7) is 1.50. The molecular weight excluding hydrogens is 379 g/mol. The molecule has 1 heterocycles. The van der Waals surface area contributed by atoms with Crippen molar-refractivity contribution in [2.45, 2.75) is 51.0 Å². The monoisotopic (exact) mass is 404 g/mol. The van der Waals surface area contributed by atoms with Crippen LogP contribution in [-0.2, 0) is 14.3 Å². The van der Waals surface area contributed by atoms with Crippen LogP contribution < -0.4 is 5.32 Å². The van der Waals surface area contributed by atoms with Gasteiger partial charge in [0.05, 0.1) is 6.61 Å². The molecule has 1 N–H and O–H groups in total. The van der Waals surface area contributed by atoms with Crippen molar-refractivity contribution >= 4 is 23.7 Å². The van der Waals surface area contributed by atoms with Crippen molar-refractivity contribution in [3.8, 4) is 0 Å². The number of carbonyl (C=O) groups is 4. The molecule has 1 aromatic carbocycles. The van der Waals surface area contributed by atoms with Crippen LogP contribution in [-0.4, -0.2) is 47.3 Å². The number of hydrogen-bond acceptors (Lipinski definition) is 5. The average molecular weight is 404 g/mol. The van der Waals surface area contributed by atoms with Gasteiger partial charge < -0.3 is 10.1 Å². The third-order valence-corrected chi connectivity index (χ3v) is 5.77. The Kier molecular flexibility index (Phi) is 6.30. The fourth-order valence-corrected chi connectivity index (χ4v) is 4.01. The molecule has 156 valence electrons. The Bertz CT molecular complexity index is 810. The summed E-state index contributed by atoms with van der Waals surface area (Å²) in [6, 6.07) is 4.68. The maximum Gasteiger partial charge on any atom is 0.326 e. The summed E-state index contributed by atoms with van der Waals surface area (Å²) in [5, 5.41) is 2.79. The lowest BCUT2D eigenvalue weighted by Gasteiger charge is -2.36. The van der Waals surface area contributed by atoms with Gasteiger partial charge in [-0.05, 0) is 49.4 Å². The highest BCUT2D eigenvalue weighted by molar-refractivity contribution is 6.09. The molecule has 1 spiro atoms. The Labute approximate surface area is 168 Å². The number of rotatable bonds is 7. The lowest BCUT2D eigenvalue weighted by molar-refractivity contribution is -0.148. The molecule has 0 radical (unpaired) electrons. The molecule has 1 aliphatic carbocycles. The minimum Gasteiger partial charge on any atom is -0.464 e.